The Balaban J connectivity index is 4.77. The van der Waals surface area contributed by atoms with Crippen molar-refractivity contribution >= 4 is 5.97 Å². The summed E-state index contributed by atoms with van der Waals surface area (Å²) in [7, 11) is 0. The molecule has 0 aromatic heterocycles. The van der Waals surface area contributed by atoms with Crippen molar-refractivity contribution in [2.75, 3.05) is 0 Å². The fourth-order valence-electron chi connectivity index (χ4n) is 3.04. The molecule has 2 nitrogen and oxygen atoms in total. The van der Waals surface area contributed by atoms with Gasteiger partial charge in [0.1, 0.15) is 0 Å². The molecule has 0 aliphatic heterocycles. The molecule has 0 aliphatic rings. The zero-order valence-electron chi connectivity index (χ0n) is 17.7. The predicted molar refractivity (Wildman–Crippen MR) is 110 cm³/mol. The molecule has 0 aromatic carbocycles. The Morgan fingerprint density at radius 3 is 1.40 bits per heavy atom. The van der Waals surface area contributed by atoms with Crippen molar-refractivity contribution < 1.29 is 9.90 Å². The molecule has 0 atom stereocenters. The van der Waals surface area contributed by atoms with Crippen LogP contribution in [-0.4, -0.2) is 11.1 Å². The van der Waals surface area contributed by atoms with E-state index in [1.54, 1.807) is 0 Å². The second kappa shape index (κ2) is 13.0. The van der Waals surface area contributed by atoms with E-state index in [9.17, 15) is 4.79 Å². The Kier molecular flexibility index (Phi) is 12.3. The topological polar surface area (TPSA) is 37.3 Å². The van der Waals surface area contributed by atoms with Crippen LogP contribution in [-0.2, 0) is 4.79 Å². The van der Waals surface area contributed by atoms with E-state index in [0.717, 1.165) is 32.1 Å². The number of carboxylic acid groups (broad SMARTS) is 1. The van der Waals surface area contributed by atoms with Gasteiger partial charge in [0, 0.05) is 6.42 Å². The van der Waals surface area contributed by atoms with Gasteiger partial charge in [-0.3, -0.25) is 4.79 Å². The van der Waals surface area contributed by atoms with E-state index in [1.165, 1.54) is 52.7 Å². The molecular weight excluding hydrogens is 308 g/mol. The van der Waals surface area contributed by atoms with Gasteiger partial charge < -0.3 is 5.11 Å². The summed E-state index contributed by atoms with van der Waals surface area (Å²) in [5.74, 6) is -0.680. The molecule has 25 heavy (non-hydrogen) atoms. The minimum absolute atomic E-state index is 0.303. The standard InChI is InChI=1S/C23H40O2/c1-8-9-14-17(2)19(4)21(6)22(7)20(5)18(3)15-12-10-11-13-16-23(24)25/h8-16H2,1-7H3,(H,24,25)/b19-17+,20-18+,22-21+. The van der Waals surface area contributed by atoms with Crippen molar-refractivity contribution in [3.8, 4) is 0 Å². The lowest BCUT2D eigenvalue weighted by Gasteiger charge is -2.15. The van der Waals surface area contributed by atoms with Gasteiger partial charge in [0.15, 0.2) is 0 Å². The number of aliphatic carboxylic acids is 1. The lowest BCUT2D eigenvalue weighted by atomic mass is 9.91. The number of rotatable bonds is 12. The first-order valence-electron chi connectivity index (χ1n) is 9.95. The molecule has 0 unspecified atom stereocenters. The van der Waals surface area contributed by atoms with Gasteiger partial charge in [-0.15, -0.1) is 0 Å². The second-order valence-corrected chi connectivity index (χ2v) is 7.47. The zero-order valence-corrected chi connectivity index (χ0v) is 17.7. The van der Waals surface area contributed by atoms with Gasteiger partial charge in [-0.2, -0.15) is 0 Å². The molecule has 0 rings (SSSR count). The normalized spacial score (nSPS) is 14.7. The van der Waals surface area contributed by atoms with Gasteiger partial charge in [0.25, 0.3) is 0 Å². The SMILES string of the molecule is CCCC/C(C)=C(C)/C(C)=C(C)/C(C)=C(\C)CCCCCCC(=O)O. The van der Waals surface area contributed by atoms with Crippen LogP contribution in [0.5, 0.6) is 0 Å². The third kappa shape index (κ3) is 9.67. The highest BCUT2D eigenvalue weighted by Crippen LogP contribution is 2.27. The molecule has 1 N–H and O–H groups in total. The summed E-state index contributed by atoms with van der Waals surface area (Å²) >= 11 is 0. The first-order valence-corrected chi connectivity index (χ1v) is 9.95. The summed E-state index contributed by atoms with van der Waals surface area (Å²) in [5.41, 5.74) is 8.69. The predicted octanol–water partition coefficient (Wildman–Crippen LogP) is 7.61. The first-order chi connectivity index (χ1) is 11.7. The summed E-state index contributed by atoms with van der Waals surface area (Å²) in [4.78, 5) is 10.5. The third-order valence-corrected chi connectivity index (χ3v) is 5.57. The molecular formula is C23H40O2. The van der Waals surface area contributed by atoms with E-state index in [0.29, 0.717) is 6.42 Å². The van der Waals surface area contributed by atoms with Gasteiger partial charge in [-0.25, -0.2) is 0 Å². The highest BCUT2D eigenvalue weighted by atomic mass is 16.4. The van der Waals surface area contributed by atoms with E-state index in [1.807, 2.05) is 0 Å². The minimum Gasteiger partial charge on any atom is -0.481 e. The monoisotopic (exact) mass is 348 g/mol. The van der Waals surface area contributed by atoms with Crippen LogP contribution in [0.15, 0.2) is 33.4 Å². The van der Waals surface area contributed by atoms with E-state index in [4.69, 9.17) is 5.11 Å². The highest BCUT2D eigenvalue weighted by molar-refractivity contribution is 5.66. The van der Waals surface area contributed by atoms with Crippen LogP contribution < -0.4 is 0 Å². The maximum atomic E-state index is 10.5. The maximum absolute atomic E-state index is 10.5. The van der Waals surface area contributed by atoms with Gasteiger partial charge in [-0.1, -0.05) is 37.3 Å². The van der Waals surface area contributed by atoms with Gasteiger partial charge >= 0.3 is 5.97 Å². The number of carbonyl (C=O) groups is 1. The molecule has 0 radical (unpaired) electrons. The van der Waals surface area contributed by atoms with Gasteiger partial charge in [-0.05, 0) is 95.9 Å². The second-order valence-electron chi connectivity index (χ2n) is 7.47. The lowest BCUT2D eigenvalue weighted by Crippen LogP contribution is -1.96. The smallest absolute Gasteiger partial charge is 0.303 e. The van der Waals surface area contributed by atoms with Crippen molar-refractivity contribution in [3.05, 3.63) is 33.4 Å². The molecule has 0 spiro atoms. The van der Waals surface area contributed by atoms with Crippen molar-refractivity contribution in [2.24, 2.45) is 0 Å². The summed E-state index contributed by atoms with van der Waals surface area (Å²) < 4.78 is 0. The fourth-order valence-corrected chi connectivity index (χ4v) is 3.04. The molecule has 0 bridgehead atoms. The van der Waals surface area contributed by atoms with Crippen LogP contribution in [0.3, 0.4) is 0 Å². The van der Waals surface area contributed by atoms with E-state index >= 15 is 0 Å². The molecule has 0 fully saturated rings. The Morgan fingerprint density at radius 2 is 1.00 bits per heavy atom. The average molecular weight is 349 g/mol. The molecule has 0 aromatic rings. The van der Waals surface area contributed by atoms with Crippen LogP contribution >= 0.6 is 0 Å². The Labute approximate surface area is 156 Å². The molecule has 0 saturated heterocycles. The van der Waals surface area contributed by atoms with Gasteiger partial charge in [0.05, 0.1) is 0 Å². The molecule has 0 amide bonds. The van der Waals surface area contributed by atoms with Crippen LogP contribution in [0.25, 0.3) is 0 Å². The summed E-state index contributed by atoms with van der Waals surface area (Å²) in [6, 6.07) is 0. The molecule has 0 aliphatic carbocycles. The minimum atomic E-state index is -0.680. The maximum Gasteiger partial charge on any atom is 0.303 e. The van der Waals surface area contributed by atoms with Crippen LogP contribution in [0.2, 0.25) is 0 Å². The highest BCUT2D eigenvalue weighted by Gasteiger charge is 2.07. The zero-order chi connectivity index (χ0) is 19.4. The first kappa shape index (κ1) is 23.7. The summed E-state index contributed by atoms with van der Waals surface area (Å²) in [5, 5.41) is 8.66. The summed E-state index contributed by atoms with van der Waals surface area (Å²) in [6.07, 6.45) is 9.22. The van der Waals surface area contributed by atoms with Crippen molar-refractivity contribution in [3.63, 3.8) is 0 Å². The van der Waals surface area contributed by atoms with Crippen molar-refractivity contribution in [1.29, 1.82) is 0 Å². The number of allylic oxidation sites excluding steroid dienone is 6. The number of hydrogen-bond acceptors (Lipinski definition) is 1. The molecule has 2 heteroatoms. The third-order valence-electron chi connectivity index (χ3n) is 5.57. The molecule has 0 saturated carbocycles. The van der Waals surface area contributed by atoms with E-state index in [-0.39, 0.29) is 0 Å². The van der Waals surface area contributed by atoms with Crippen LogP contribution in [0.4, 0.5) is 0 Å². The fraction of sp³-hybridized carbons (Fsp3) is 0.696. The van der Waals surface area contributed by atoms with Crippen molar-refractivity contribution in [2.45, 2.75) is 106 Å². The lowest BCUT2D eigenvalue weighted by molar-refractivity contribution is -0.137. The van der Waals surface area contributed by atoms with Gasteiger partial charge in [0.2, 0.25) is 0 Å². The Hall–Kier alpha value is -1.31. The number of unbranched alkanes of at least 4 members (excludes halogenated alkanes) is 4. The van der Waals surface area contributed by atoms with Crippen LogP contribution in [0, 0.1) is 0 Å². The largest absolute Gasteiger partial charge is 0.481 e. The van der Waals surface area contributed by atoms with Crippen molar-refractivity contribution in [1.82, 2.24) is 0 Å². The molecule has 0 heterocycles. The van der Waals surface area contributed by atoms with Crippen LogP contribution in [0.1, 0.15) is 106 Å². The molecule has 144 valence electrons. The average Bonchev–Trinajstić information content (AvgIpc) is 2.59. The van der Waals surface area contributed by atoms with E-state index < -0.39 is 5.97 Å². The summed E-state index contributed by atoms with van der Waals surface area (Å²) in [6.45, 7) is 15.8. The number of carboxylic acids is 1. The van der Waals surface area contributed by atoms with E-state index in [2.05, 4.69) is 48.5 Å². The number of hydrogen-bond donors (Lipinski definition) is 1. The Morgan fingerprint density at radius 1 is 0.600 bits per heavy atom. The quantitative estimate of drug-likeness (QED) is 0.291. The Bertz CT molecular complexity index is 518.